The number of nitrogens with one attached hydrogen (secondary N) is 1. The molecular weight excluding hydrogens is 224 g/mol. The van der Waals surface area contributed by atoms with Gasteiger partial charge in [-0.15, -0.1) is 0 Å². The van der Waals surface area contributed by atoms with Crippen LogP contribution in [0.5, 0.6) is 0 Å². The Morgan fingerprint density at radius 2 is 1.89 bits per heavy atom. The van der Waals surface area contributed by atoms with E-state index in [9.17, 15) is 4.79 Å². The predicted molar refractivity (Wildman–Crippen MR) is 73.3 cm³/mol. The molecule has 1 fully saturated rings. The Bertz CT molecular complexity index is 399. The lowest BCUT2D eigenvalue weighted by Gasteiger charge is -2.17. The summed E-state index contributed by atoms with van der Waals surface area (Å²) in [5.74, 6) is 0.247. The van der Waals surface area contributed by atoms with Gasteiger partial charge in [-0.25, -0.2) is 0 Å². The van der Waals surface area contributed by atoms with Gasteiger partial charge in [0, 0.05) is 13.1 Å². The average molecular weight is 246 g/mol. The normalized spacial score (nSPS) is 19.6. The van der Waals surface area contributed by atoms with E-state index in [1.165, 1.54) is 11.1 Å². The van der Waals surface area contributed by atoms with Gasteiger partial charge < -0.3 is 10.2 Å². The summed E-state index contributed by atoms with van der Waals surface area (Å²) >= 11 is 0. The van der Waals surface area contributed by atoms with Gasteiger partial charge in [-0.3, -0.25) is 4.79 Å². The summed E-state index contributed by atoms with van der Waals surface area (Å²) in [5, 5.41) is 3.24. The van der Waals surface area contributed by atoms with Crippen molar-refractivity contribution >= 4 is 5.91 Å². The van der Waals surface area contributed by atoms with Gasteiger partial charge in [0.1, 0.15) is 0 Å². The third-order valence-electron chi connectivity index (χ3n) is 3.55. The van der Waals surface area contributed by atoms with Crippen LogP contribution in [-0.2, 0) is 17.8 Å². The highest BCUT2D eigenvalue weighted by molar-refractivity contribution is 5.83. The van der Waals surface area contributed by atoms with Crippen LogP contribution in [0.4, 0.5) is 0 Å². The van der Waals surface area contributed by atoms with Gasteiger partial charge >= 0.3 is 0 Å². The SMILES string of the molecule is CCNC1CCN(Cc2ccc(CC)cc2)C1=O. The first-order chi connectivity index (χ1) is 8.74. The Labute approximate surface area is 109 Å². The van der Waals surface area contributed by atoms with E-state index in [-0.39, 0.29) is 11.9 Å². The van der Waals surface area contributed by atoms with Crippen LogP contribution in [-0.4, -0.2) is 29.9 Å². The lowest BCUT2D eigenvalue weighted by Crippen LogP contribution is -2.37. The Hall–Kier alpha value is -1.35. The van der Waals surface area contributed by atoms with Crippen LogP contribution in [0.3, 0.4) is 0 Å². The van der Waals surface area contributed by atoms with Crippen LogP contribution >= 0.6 is 0 Å². The second-order valence-corrected chi connectivity index (χ2v) is 4.83. The number of likely N-dealkylation sites (N-methyl/N-ethyl adjacent to an activating group) is 1. The molecule has 1 unspecified atom stereocenters. The average Bonchev–Trinajstić information content (AvgIpc) is 2.73. The van der Waals surface area contributed by atoms with Gasteiger partial charge in [-0.2, -0.15) is 0 Å². The molecule has 1 heterocycles. The molecule has 0 saturated carbocycles. The molecule has 0 radical (unpaired) electrons. The number of aryl methyl sites for hydroxylation is 1. The van der Waals surface area contributed by atoms with E-state index in [2.05, 4.69) is 36.5 Å². The molecule has 1 aliphatic rings. The number of carbonyl (C=O) groups is 1. The molecule has 0 aliphatic carbocycles. The summed E-state index contributed by atoms with van der Waals surface area (Å²) in [7, 11) is 0. The molecule has 3 nitrogen and oxygen atoms in total. The second kappa shape index (κ2) is 6.01. The predicted octanol–water partition coefficient (Wildman–Crippen LogP) is 1.96. The Morgan fingerprint density at radius 3 is 2.50 bits per heavy atom. The summed E-state index contributed by atoms with van der Waals surface area (Å²) in [6.45, 7) is 6.66. The highest BCUT2D eigenvalue weighted by atomic mass is 16.2. The van der Waals surface area contributed by atoms with Crippen molar-refractivity contribution in [2.24, 2.45) is 0 Å². The van der Waals surface area contributed by atoms with Gasteiger partial charge in [0.15, 0.2) is 0 Å². The third-order valence-corrected chi connectivity index (χ3v) is 3.55. The molecule has 2 rings (SSSR count). The van der Waals surface area contributed by atoms with Crippen molar-refractivity contribution in [2.45, 2.75) is 39.3 Å². The van der Waals surface area contributed by atoms with E-state index in [4.69, 9.17) is 0 Å². The number of amides is 1. The molecular formula is C15H22N2O. The lowest BCUT2D eigenvalue weighted by atomic mass is 10.1. The molecule has 1 amide bonds. The number of rotatable bonds is 5. The number of likely N-dealkylation sites (tertiary alicyclic amines) is 1. The van der Waals surface area contributed by atoms with Crippen molar-refractivity contribution in [1.82, 2.24) is 10.2 Å². The fraction of sp³-hybridized carbons (Fsp3) is 0.533. The zero-order valence-electron chi connectivity index (χ0n) is 11.3. The van der Waals surface area contributed by atoms with Crippen LogP contribution < -0.4 is 5.32 Å². The van der Waals surface area contributed by atoms with Crippen molar-refractivity contribution < 1.29 is 4.79 Å². The van der Waals surface area contributed by atoms with Gasteiger partial charge in [0.25, 0.3) is 0 Å². The van der Waals surface area contributed by atoms with Crippen LogP contribution in [0, 0.1) is 0 Å². The minimum atomic E-state index is 0.0323. The van der Waals surface area contributed by atoms with Gasteiger partial charge in [0.2, 0.25) is 5.91 Å². The molecule has 18 heavy (non-hydrogen) atoms. The number of nitrogens with zero attached hydrogens (tertiary/aromatic N) is 1. The summed E-state index contributed by atoms with van der Waals surface area (Å²) in [4.78, 5) is 14.0. The van der Waals surface area contributed by atoms with E-state index in [0.717, 1.165) is 32.5 Å². The van der Waals surface area contributed by atoms with E-state index in [1.807, 2.05) is 11.8 Å². The molecule has 1 aliphatic heterocycles. The summed E-state index contributed by atoms with van der Waals surface area (Å²) in [6, 6.07) is 8.60. The standard InChI is InChI=1S/C15H22N2O/c1-3-12-5-7-13(8-6-12)11-17-10-9-14(15(17)18)16-4-2/h5-8,14,16H,3-4,9-11H2,1-2H3. The number of benzene rings is 1. The lowest BCUT2D eigenvalue weighted by molar-refractivity contribution is -0.129. The first kappa shape index (κ1) is 13.1. The van der Waals surface area contributed by atoms with Gasteiger partial charge in [-0.1, -0.05) is 38.1 Å². The third kappa shape index (κ3) is 2.91. The molecule has 1 aromatic carbocycles. The van der Waals surface area contributed by atoms with Crippen LogP contribution in [0.1, 0.15) is 31.4 Å². The zero-order valence-corrected chi connectivity index (χ0v) is 11.3. The van der Waals surface area contributed by atoms with Crippen LogP contribution in [0.25, 0.3) is 0 Å². The maximum atomic E-state index is 12.1. The van der Waals surface area contributed by atoms with E-state index < -0.39 is 0 Å². The minimum Gasteiger partial charge on any atom is -0.337 e. The number of hydrogen-bond acceptors (Lipinski definition) is 2. The van der Waals surface area contributed by atoms with Crippen molar-refractivity contribution in [3.63, 3.8) is 0 Å². The highest BCUT2D eigenvalue weighted by Crippen LogP contribution is 2.15. The molecule has 1 N–H and O–H groups in total. The largest absolute Gasteiger partial charge is 0.337 e. The van der Waals surface area contributed by atoms with Crippen LogP contribution in [0.15, 0.2) is 24.3 Å². The molecule has 3 heteroatoms. The van der Waals surface area contributed by atoms with E-state index in [0.29, 0.717) is 0 Å². The monoisotopic (exact) mass is 246 g/mol. The molecule has 0 aromatic heterocycles. The Morgan fingerprint density at radius 1 is 1.22 bits per heavy atom. The highest BCUT2D eigenvalue weighted by Gasteiger charge is 2.30. The smallest absolute Gasteiger partial charge is 0.240 e. The first-order valence-electron chi connectivity index (χ1n) is 6.84. The van der Waals surface area contributed by atoms with Crippen molar-refractivity contribution in [3.8, 4) is 0 Å². The zero-order chi connectivity index (χ0) is 13.0. The maximum Gasteiger partial charge on any atom is 0.240 e. The minimum absolute atomic E-state index is 0.0323. The van der Waals surface area contributed by atoms with E-state index in [1.54, 1.807) is 0 Å². The first-order valence-corrected chi connectivity index (χ1v) is 6.84. The fourth-order valence-electron chi connectivity index (χ4n) is 2.43. The van der Waals surface area contributed by atoms with Crippen molar-refractivity contribution in [2.75, 3.05) is 13.1 Å². The van der Waals surface area contributed by atoms with Crippen LogP contribution in [0.2, 0.25) is 0 Å². The summed E-state index contributed by atoms with van der Waals surface area (Å²) < 4.78 is 0. The molecule has 1 aromatic rings. The summed E-state index contributed by atoms with van der Waals surface area (Å²) in [6.07, 6.45) is 1.99. The number of hydrogen-bond donors (Lipinski definition) is 1. The topological polar surface area (TPSA) is 32.3 Å². The second-order valence-electron chi connectivity index (χ2n) is 4.83. The van der Waals surface area contributed by atoms with E-state index >= 15 is 0 Å². The quantitative estimate of drug-likeness (QED) is 0.861. The molecule has 0 spiro atoms. The Balaban J connectivity index is 1.95. The molecule has 0 bridgehead atoms. The molecule has 1 atom stereocenters. The van der Waals surface area contributed by atoms with Gasteiger partial charge in [0.05, 0.1) is 6.04 Å². The summed E-state index contributed by atoms with van der Waals surface area (Å²) in [5.41, 5.74) is 2.56. The van der Waals surface area contributed by atoms with Crippen molar-refractivity contribution in [3.05, 3.63) is 35.4 Å². The number of carbonyl (C=O) groups excluding carboxylic acids is 1. The fourth-order valence-corrected chi connectivity index (χ4v) is 2.43. The Kier molecular flexibility index (Phi) is 4.37. The molecule has 1 saturated heterocycles. The van der Waals surface area contributed by atoms with Gasteiger partial charge in [-0.05, 0) is 30.5 Å². The van der Waals surface area contributed by atoms with Crippen molar-refractivity contribution in [1.29, 1.82) is 0 Å². The maximum absolute atomic E-state index is 12.1. The molecule has 98 valence electrons.